The van der Waals surface area contributed by atoms with Gasteiger partial charge >= 0.3 is 0 Å². The zero-order chi connectivity index (χ0) is 20.5. The van der Waals surface area contributed by atoms with Gasteiger partial charge in [0.15, 0.2) is 5.96 Å². The van der Waals surface area contributed by atoms with Gasteiger partial charge in [0.2, 0.25) is 0 Å². The summed E-state index contributed by atoms with van der Waals surface area (Å²) in [4.78, 5) is 7.27. The third kappa shape index (κ3) is 6.23. The van der Waals surface area contributed by atoms with Crippen LogP contribution in [-0.4, -0.2) is 32.7 Å². The van der Waals surface area contributed by atoms with Gasteiger partial charge in [-0.25, -0.2) is 4.99 Å². The predicted molar refractivity (Wildman–Crippen MR) is 121 cm³/mol. The fourth-order valence-electron chi connectivity index (χ4n) is 3.73. The molecule has 1 atom stereocenters. The van der Waals surface area contributed by atoms with Crippen LogP contribution in [0.15, 0.2) is 53.5 Å². The molecule has 5 heteroatoms. The van der Waals surface area contributed by atoms with Crippen LogP contribution in [0, 0.1) is 0 Å². The van der Waals surface area contributed by atoms with E-state index < -0.39 is 0 Å². The second-order valence-electron chi connectivity index (χ2n) is 7.60. The van der Waals surface area contributed by atoms with Crippen LogP contribution in [0.25, 0.3) is 0 Å². The molecule has 2 aromatic carbocycles. The van der Waals surface area contributed by atoms with Crippen LogP contribution in [0.1, 0.15) is 49.4 Å². The number of methoxy groups -OCH3 is 1. The van der Waals surface area contributed by atoms with E-state index in [1.807, 2.05) is 0 Å². The van der Waals surface area contributed by atoms with E-state index in [0.717, 1.165) is 25.6 Å². The quantitative estimate of drug-likeness (QED) is 0.519. The molecule has 1 unspecified atom stereocenters. The lowest BCUT2D eigenvalue weighted by molar-refractivity contribution is 0.185. The van der Waals surface area contributed by atoms with Crippen LogP contribution in [0.4, 0.5) is 5.69 Å². The van der Waals surface area contributed by atoms with Crippen molar-refractivity contribution in [3.8, 4) is 0 Å². The first-order chi connectivity index (χ1) is 14.2. The molecule has 0 aliphatic carbocycles. The molecule has 1 heterocycles. The van der Waals surface area contributed by atoms with E-state index in [2.05, 4.69) is 77.9 Å². The lowest BCUT2D eigenvalue weighted by Crippen LogP contribution is -2.38. The molecule has 0 saturated carbocycles. The maximum absolute atomic E-state index is 5.23. The summed E-state index contributed by atoms with van der Waals surface area (Å²) >= 11 is 0. The van der Waals surface area contributed by atoms with Crippen molar-refractivity contribution in [2.45, 2.75) is 45.9 Å². The summed E-state index contributed by atoms with van der Waals surface area (Å²) in [6, 6.07) is 17.4. The Morgan fingerprint density at radius 1 is 1.10 bits per heavy atom. The number of nitrogens with zero attached hydrogens (tertiary/aromatic N) is 2. The van der Waals surface area contributed by atoms with Crippen LogP contribution in [0.5, 0.6) is 0 Å². The monoisotopic (exact) mass is 394 g/mol. The molecule has 0 spiro atoms. The van der Waals surface area contributed by atoms with Gasteiger partial charge in [0.1, 0.15) is 0 Å². The maximum Gasteiger partial charge on any atom is 0.192 e. The van der Waals surface area contributed by atoms with Gasteiger partial charge in [-0.1, -0.05) is 36.4 Å². The van der Waals surface area contributed by atoms with E-state index in [0.29, 0.717) is 13.2 Å². The van der Waals surface area contributed by atoms with Crippen molar-refractivity contribution in [3.63, 3.8) is 0 Å². The van der Waals surface area contributed by atoms with Gasteiger partial charge in [-0.05, 0) is 55.5 Å². The zero-order valence-electron chi connectivity index (χ0n) is 17.9. The largest absolute Gasteiger partial charge is 0.380 e. The minimum atomic E-state index is 0.176. The number of aliphatic imine (C=N–C) groups is 1. The molecule has 3 rings (SSSR count). The molecule has 1 aliphatic heterocycles. The summed E-state index contributed by atoms with van der Waals surface area (Å²) in [5.41, 5.74) is 4.96. The Hall–Kier alpha value is -2.53. The number of nitrogens with one attached hydrogen (secondary N) is 2. The molecule has 1 fully saturated rings. The lowest BCUT2D eigenvalue weighted by Gasteiger charge is -2.22. The summed E-state index contributed by atoms with van der Waals surface area (Å²) < 4.78 is 5.23. The normalized spacial score (nSPS) is 15.4. The maximum atomic E-state index is 5.23. The number of guanidine groups is 1. The van der Waals surface area contributed by atoms with E-state index >= 15 is 0 Å². The van der Waals surface area contributed by atoms with E-state index in [-0.39, 0.29) is 6.04 Å². The molecule has 1 aliphatic rings. The number of benzene rings is 2. The highest BCUT2D eigenvalue weighted by molar-refractivity contribution is 5.80. The SMILES string of the molecule is CCNC(=NCc1cccc(COC)c1)NC(C)c1cccc(N2CCCC2)c1. The molecule has 0 bridgehead atoms. The van der Waals surface area contributed by atoms with Gasteiger partial charge in [0, 0.05) is 32.4 Å². The zero-order valence-corrected chi connectivity index (χ0v) is 17.9. The molecule has 5 nitrogen and oxygen atoms in total. The highest BCUT2D eigenvalue weighted by Gasteiger charge is 2.14. The minimum absolute atomic E-state index is 0.176. The van der Waals surface area contributed by atoms with Gasteiger partial charge in [-0.15, -0.1) is 0 Å². The average Bonchev–Trinajstić information content (AvgIpc) is 3.28. The number of hydrogen-bond donors (Lipinski definition) is 2. The Bertz CT molecular complexity index is 799. The molecule has 1 saturated heterocycles. The molecule has 0 amide bonds. The Balaban J connectivity index is 1.67. The van der Waals surface area contributed by atoms with Crippen LogP contribution >= 0.6 is 0 Å². The Kier molecular flexibility index (Phi) is 7.94. The number of hydrogen-bond acceptors (Lipinski definition) is 3. The molecule has 156 valence electrons. The smallest absolute Gasteiger partial charge is 0.192 e. The summed E-state index contributed by atoms with van der Waals surface area (Å²) in [7, 11) is 1.72. The second-order valence-corrected chi connectivity index (χ2v) is 7.60. The minimum Gasteiger partial charge on any atom is -0.380 e. The van der Waals surface area contributed by atoms with Gasteiger partial charge in [-0.3, -0.25) is 0 Å². The van der Waals surface area contributed by atoms with Crippen molar-refractivity contribution in [3.05, 3.63) is 65.2 Å². The first-order valence-corrected chi connectivity index (χ1v) is 10.7. The van der Waals surface area contributed by atoms with E-state index in [1.54, 1.807) is 7.11 Å². The van der Waals surface area contributed by atoms with E-state index in [9.17, 15) is 0 Å². The van der Waals surface area contributed by atoms with Crippen molar-refractivity contribution in [2.75, 3.05) is 31.6 Å². The Morgan fingerprint density at radius 2 is 1.86 bits per heavy atom. The lowest BCUT2D eigenvalue weighted by atomic mass is 10.1. The fourth-order valence-corrected chi connectivity index (χ4v) is 3.73. The fraction of sp³-hybridized carbons (Fsp3) is 0.458. The third-order valence-electron chi connectivity index (χ3n) is 5.26. The molecule has 2 aromatic rings. The van der Waals surface area contributed by atoms with Crippen LogP contribution in [-0.2, 0) is 17.9 Å². The highest BCUT2D eigenvalue weighted by Crippen LogP contribution is 2.24. The summed E-state index contributed by atoms with van der Waals surface area (Å²) in [6.07, 6.45) is 2.58. The number of ether oxygens (including phenoxy) is 1. The number of anilines is 1. The van der Waals surface area contributed by atoms with Gasteiger partial charge in [-0.2, -0.15) is 0 Å². The third-order valence-corrected chi connectivity index (χ3v) is 5.26. The van der Waals surface area contributed by atoms with Crippen molar-refractivity contribution in [1.29, 1.82) is 0 Å². The first-order valence-electron chi connectivity index (χ1n) is 10.7. The summed E-state index contributed by atoms with van der Waals surface area (Å²) in [6.45, 7) is 8.70. The average molecular weight is 395 g/mol. The standard InChI is InChI=1S/C24H34N4O/c1-4-25-24(26-17-20-9-7-10-21(15-20)18-29-3)27-19(2)22-11-8-12-23(16-22)28-13-5-6-14-28/h7-12,15-16,19H,4-6,13-14,17-18H2,1-3H3,(H2,25,26,27). The predicted octanol–water partition coefficient (Wildman–Crippen LogP) is 4.25. The molecule has 0 aromatic heterocycles. The topological polar surface area (TPSA) is 48.9 Å². The van der Waals surface area contributed by atoms with Crippen molar-refractivity contribution in [2.24, 2.45) is 4.99 Å². The van der Waals surface area contributed by atoms with Crippen LogP contribution in [0.3, 0.4) is 0 Å². The molecule has 0 radical (unpaired) electrons. The second kappa shape index (κ2) is 10.9. The molecule has 29 heavy (non-hydrogen) atoms. The van der Waals surface area contributed by atoms with E-state index in [4.69, 9.17) is 9.73 Å². The van der Waals surface area contributed by atoms with E-state index in [1.165, 1.54) is 35.2 Å². The van der Waals surface area contributed by atoms with Crippen molar-refractivity contribution >= 4 is 11.6 Å². The molecular formula is C24H34N4O. The van der Waals surface area contributed by atoms with Crippen molar-refractivity contribution < 1.29 is 4.74 Å². The van der Waals surface area contributed by atoms with Gasteiger partial charge < -0.3 is 20.3 Å². The Morgan fingerprint density at radius 3 is 2.62 bits per heavy atom. The molecular weight excluding hydrogens is 360 g/mol. The van der Waals surface area contributed by atoms with Crippen LogP contribution < -0.4 is 15.5 Å². The highest BCUT2D eigenvalue weighted by atomic mass is 16.5. The van der Waals surface area contributed by atoms with Crippen molar-refractivity contribution in [1.82, 2.24) is 10.6 Å². The Labute approximate surface area is 175 Å². The first kappa shape index (κ1) is 21.2. The molecule has 2 N–H and O–H groups in total. The van der Waals surface area contributed by atoms with Crippen LogP contribution in [0.2, 0.25) is 0 Å². The summed E-state index contributed by atoms with van der Waals surface area (Å²) in [5, 5.41) is 6.92. The van der Waals surface area contributed by atoms with Gasteiger partial charge in [0.25, 0.3) is 0 Å². The summed E-state index contributed by atoms with van der Waals surface area (Å²) in [5.74, 6) is 0.837. The number of rotatable bonds is 8. The van der Waals surface area contributed by atoms with Gasteiger partial charge in [0.05, 0.1) is 19.2 Å².